The first kappa shape index (κ1) is 19.5. The summed E-state index contributed by atoms with van der Waals surface area (Å²) in [5.41, 5.74) is 0. The Bertz CT molecular complexity index is 920. The zero-order chi connectivity index (χ0) is 19.0. The number of morpholine rings is 1. The van der Waals surface area contributed by atoms with Crippen molar-refractivity contribution < 1.29 is 13.2 Å². The summed E-state index contributed by atoms with van der Waals surface area (Å²) in [6.07, 6.45) is 1.28. The van der Waals surface area contributed by atoms with Crippen LogP contribution in [0.25, 0.3) is 10.1 Å². The quantitative estimate of drug-likeness (QED) is 0.631. The molecular weight excluding hydrogens is 452 g/mol. The van der Waals surface area contributed by atoms with Crippen molar-refractivity contribution in [2.45, 2.75) is 6.54 Å². The van der Waals surface area contributed by atoms with Crippen molar-refractivity contribution in [3.63, 3.8) is 0 Å². The van der Waals surface area contributed by atoms with Crippen LogP contribution in [0.2, 0.25) is 0 Å². The van der Waals surface area contributed by atoms with E-state index in [9.17, 15) is 8.42 Å². The largest absolute Gasteiger partial charge is 0.378 e. The van der Waals surface area contributed by atoms with Gasteiger partial charge in [-0.1, -0.05) is 0 Å². The highest BCUT2D eigenvalue weighted by Gasteiger charge is 2.24. The molecule has 10 heteroatoms. The van der Waals surface area contributed by atoms with Crippen molar-refractivity contribution in [3.05, 3.63) is 21.6 Å². The molecule has 0 radical (unpaired) electrons. The third-order valence-corrected chi connectivity index (χ3v) is 7.83. The van der Waals surface area contributed by atoms with Crippen LogP contribution in [0.4, 0.5) is 5.82 Å². The van der Waals surface area contributed by atoms with Gasteiger partial charge < -0.3 is 9.64 Å². The molecule has 7 nitrogen and oxygen atoms in total. The fraction of sp³-hybridized carbons (Fsp3) is 0.588. The van der Waals surface area contributed by atoms with Crippen LogP contribution in [0.15, 0.2) is 16.7 Å². The molecule has 2 aliphatic rings. The number of thiophene rings is 1. The highest BCUT2D eigenvalue weighted by atomic mass is 79.9. The fourth-order valence-corrected chi connectivity index (χ4v) is 6.00. The lowest BCUT2D eigenvalue weighted by Crippen LogP contribution is -2.47. The van der Waals surface area contributed by atoms with Crippen LogP contribution in [0.3, 0.4) is 0 Å². The molecule has 2 aliphatic heterocycles. The molecule has 0 atom stereocenters. The number of halogens is 1. The summed E-state index contributed by atoms with van der Waals surface area (Å²) in [5, 5.41) is 1.20. The number of piperazine rings is 1. The Morgan fingerprint density at radius 3 is 2.52 bits per heavy atom. The summed E-state index contributed by atoms with van der Waals surface area (Å²) in [7, 11) is -3.09. The third-order valence-electron chi connectivity index (χ3n) is 4.99. The van der Waals surface area contributed by atoms with Gasteiger partial charge in [-0.05, 0) is 33.4 Å². The van der Waals surface area contributed by atoms with Crippen molar-refractivity contribution in [2.75, 3.05) is 63.6 Å². The second-order valence-electron chi connectivity index (χ2n) is 6.94. The number of ether oxygens (including phenoxy) is 1. The van der Waals surface area contributed by atoms with Crippen LogP contribution in [0.1, 0.15) is 4.88 Å². The lowest BCUT2D eigenvalue weighted by Gasteiger charge is -2.32. The molecular formula is C17H23BrN4O3S2. The van der Waals surface area contributed by atoms with Gasteiger partial charge in [-0.2, -0.15) is 4.31 Å². The smallest absolute Gasteiger partial charge is 0.211 e. The van der Waals surface area contributed by atoms with Gasteiger partial charge in [0, 0.05) is 50.7 Å². The number of anilines is 1. The average Bonchev–Trinajstić information content (AvgIpc) is 3.03. The molecule has 2 aromatic rings. The van der Waals surface area contributed by atoms with E-state index in [0.29, 0.717) is 13.1 Å². The molecule has 27 heavy (non-hydrogen) atoms. The number of aromatic nitrogens is 1. The third kappa shape index (κ3) is 4.46. The normalized spacial score (nSPS) is 20.4. The van der Waals surface area contributed by atoms with Gasteiger partial charge in [0.05, 0.1) is 24.2 Å². The Morgan fingerprint density at radius 1 is 1.15 bits per heavy atom. The maximum Gasteiger partial charge on any atom is 0.211 e. The van der Waals surface area contributed by atoms with Gasteiger partial charge in [0.2, 0.25) is 10.0 Å². The molecule has 0 saturated carbocycles. The molecule has 0 aliphatic carbocycles. The maximum absolute atomic E-state index is 11.7. The number of sulfonamides is 1. The molecule has 0 amide bonds. The van der Waals surface area contributed by atoms with Crippen molar-refractivity contribution in [1.82, 2.24) is 14.2 Å². The maximum atomic E-state index is 11.7. The minimum absolute atomic E-state index is 0.565. The number of fused-ring (bicyclic) bond motifs is 1. The van der Waals surface area contributed by atoms with E-state index in [2.05, 4.69) is 37.9 Å². The van der Waals surface area contributed by atoms with Gasteiger partial charge in [0.25, 0.3) is 0 Å². The standard InChI is InChI=1S/C17H23BrN4O3S2/c1-27(23,24)22-4-2-20(3-5-22)12-14-10-13-11-15(18)19-17(16(13)26-14)21-6-8-25-9-7-21/h10-11H,2-9,12H2,1H3. The first-order valence-corrected chi connectivity index (χ1v) is 12.4. The number of rotatable bonds is 4. The van der Waals surface area contributed by atoms with E-state index in [4.69, 9.17) is 9.72 Å². The molecule has 0 spiro atoms. The molecule has 2 fully saturated rings. The lowest BCUT2D eigenvalue weighted by atomic mass is 10.2. The number of pyridine rings is 1. The van der Waals surface area contributed by atoms with Crippen molar-refractivity contribution in [3.8, 4) is 0 Å². The Morgan fingerprint density at radius 2 is 1.85 bits per heavy atom. The van der Waals surface area contributed by atoms with E-state index in [1.54, 1.807) is 15.6 Å². The predicted molar refractivity (Wildman–Crippen MR) is 112 cm³/mol. The van der Waals surface area contributed by atoms with Gasteiger partial charge in [-0.3, -0.25) is 4.90 Å². The van der Waals surface area contributed by atoms with Crippen LogP contribution in [0, 0.1) is 0 Å². The first-order chi connectivity index (χ1) is 12.9. The number of nitrogens with zero attached hydrogens (tertiary/aromatic N) is 4. The highest BCUT2D eigenvalue weighted by molar-refractivity contribution is 9.10. The number of hydrogen-bond acceptors (Lipinski definition) is 7. The number of hydrogen-bond donors (Lipinski definition) is 0. The van der Waals surface area contributed by atoms with Crippen LogP contribution >= 0.6 is 27.3 Å². The Balaban J connectivity index is 1.52. The molecule has 4 rings (SSSR count). The molecule has 2 saturated heterocycles. The molecule has 0 aromatic carbocycles. The zero-order valence-corrected chi connectivity index (χ0v) is 18.4. The Kier molecular flexibility index (Phi) is 5.73. The van der Waals surface area contributed by atoms with E-state index >= 15 is 0 Å². The molecule has 2 aromatic heterocycles. The van der Waals surface area contributed by atoms with Crippen LogP contribution in [-0.2, 0) is 21.3 Å². The predicted octanol–water partition coefficient (Wildman–Crippen LogP) is 1.97. The lowest BCUT2D eigenvalue weighted by molar-refractivity contribution is 0.122. The summed E-state index contributed by atoms with van der Waals surface area (Å²) in [5.74, 6) is 1.03. The van der Waals surface area contributed by atoms with Gasteiger partial charge in [0.1, 0.15) is 10.4 Å². The van der Waals surface area contributed by atoms with Crippen molar-refractivity contribution in [2.24, 2.45) is 0 Å². The first-order valence-electron chi connectivity index (χ1n) is 8.99. The van der Waals surface area contributed by atoms with Gasteiger partial charge in [-0.25, -0.2) is 13.4 Å². The zero-order valence-electron chi connectivity index (χ0n) is 15.2. The monoisotopic (exact) mass is 474 g/mol. The van der Waals surface area contributed by atoms with Crippen molar-refractivity contribution >= 4 is 53.2 Å². The summed E-state index contributed by atoms with van der Waals surface area (Å²) < 4.78 is 32.4. The van der Waals surface area contributed by atoms with Crippen LogP contribution < -0.4 is 4.90 Å². The molecule has 0 unspecified atom stereocenters. The summed E-state index contributed by atoms with van der Waals surface area (Å²) >= 11 is 5.33. The van der Waals surface area contributed by atoms with Gasteiger partial charge in [-0.15, -0.1) is 11.3 Å². The van der Waals surface area contributed by atoms with Crippen LogP contribution in [0.5, 0.6) is 0 Å². The molecule has 0 N–H and O–H groups in total. The van der Waals surface area contributed by atoms with E-state index in [1.807, 2.05) is 0 Å². The summed E-state index contributed by atoms with van der Waals surface area (Å²) in [6.45, 7) is 6.69. The SMILES string of the molecule is CS(=O)(=O)N1CCN(Cc2cc3cc(Br)nc(N4CCOCC4)c3s2)CC1. The average molecular weight is 475 g/mol. The Labute approximate surface area is 172 Å². The fourth-order valence-electron chi connectivity index (χ4n) is 3.56. The minimum atomic E-state index is -3.09. The summed E-state index contributed by atoms with van der Waals surface area (Å²) in [4.78, 5) is 10.6. The molecule has 0 bridgehead atoms. The highest BCUT2D eigenvalue weighted by Crippen LogP contribution is 2.35. The molecule has 4 heterocycles. The van der Waals surface area contributed by atoms with Crippen molar-refractivity contribution in [1.29, 1.82) is 0 Å². The van der Waals surface area contributed by atoms with Gasteiger partial charge >= 0.3 is 0 Å². The van der Waals surface area contributed by atoms with Crippen LogP contribution in [-0.4, -0.2) is 81.3 Å². The van der Waals surface area contributed by atoms with Gasteiger partial charge in [0.15, 0.2) is 0 Å². The minimum Gasteiger partial charge on any atom is -0.378 e. The Hall–Kier alpha value is -0.780. The van der Waals surface area contributed by atoms with E-state index in [-0.39, 0.29) is 0 Å². The molecule has 148 valence electrons. The topological polar surface area (TPSA) is 66.0 Å². The van der Waals surface area contributed by atoms with E-state index < -0.39 is 10.0 Å². The second kappa shape index (κ2) is 7.92. The van der Waals surface area contributed by atoms with E-state index in [1.165, 1.54) is 21.2 Å². The van der Waals surface area contributed by atoms with E-state index in [0.717, 1.165) is 56.4 Å². The second-order valence-corrected chi connectivity index (χ2v) is 10.9. The summed E-state index contributed by atoms with van der Waals surface area (Å²) in [6, 6.07) is 4.31.